The van der Waals surface area contributed by atoms with E-state index in [4.69, 9.17) is 14.9 Å². The predicted molar refractivity (Wildman–Crippen MR) is 136 cm³/mol. The molecule has 1 aliphatic rings. The van der Waals surface area contributed by atoms with E-state index in [-0.39, 0.29) is 18.9 Å². The molecule has 5 rings (SSSR count). The van der Waals surface area contributed by atoms with Gasteiger partial charge in [0.05, 0.1) is 30.0 Å². The fourth-order valence-electron chi connectivity index (χ4n) is 4.11. The van der Waals surface area contributed by atoms with Crippen molar-refractivity contribution in [2.45, 2.75) is 12.8 Å². The Morgan fingerprint density at radius 3 is 2.41 bits per heavy atom. The van der Waals surface area contributed by atoms with E-state index in [0.717, 1.165) is 21.6 Å². The molecule has 0 spiro atoms. The van der Waals surface area contributed by atoms with Gasteiger partial charge in [0.1, 0.15) is 5.75 Å². The fraction of sp³-hybridized carbons (Fsp3) is 0.148. The van der Waals surface area contributed by atoms with E-state index in [2.05, 4.69) is 10.3 Å². The second-order valence-electron chi connectivity index (χ2n) is 8.40. The lowest BCUT2D eigenvalue weighted by atomic mass is 10.0. The molecule has 1 fully saturated rings. The van der Waals surface area contributed by atoms with Crippen molar-refractivity contribution in [1.29, 1.82) is 0 Å². The third kappa shape index (κ3) is 5.09. The number of aromatic nitrogens is 2. The third-order valence-corrected chi connectivity index (χ3v) is 5.98. The number of rotatable bonds is 8. The van der Waals surface area contributed by atoms with Gasteiger partial charge < -0.3 is 10.1 Å². The largest absolute Gasteiger partial charge is 0.494 e. The molecule has 0 aliphatic carbocycles. The topological polar surface area (TPSA) is 134 Å². The highest BCUT2D eigenvalue weighted by Gasteiger charge is 2.31. The van der Waals surface area contributed by atoms with Gasteiger partial charge in [0.2, 0.25) is 5.91 Å². The number of urea groups is 1. The molecule has 10 nitrogen and oxygen atoms in total. The van der Waals surface area contributed by atoms with Crippen molar-refractivity contribution in [3.8, 4) is 28.1 Å². The number of anilines is 1. The van der Waals surface area contributed by atoms with Gasteiger partial charge in [-0.25, -0.2) is 20.2 Å². The number of pyridine rings is 2. The molecule has 0 radical (unpaired) electrons. The van der Waals surface area contributed by atoms with Crippen LogP contribution in [-0.2, 0) is 9.59 Å². The lowest BCUT2D eigenvalue weighted by molar-refractivity contribution is -0.129. The van der Waals surface area contributed by atoms with E-state index in [1.54, 1.807) is 30.0 Å². The number of imide groups is 1. The van der Waals surface area contributed by atoms with Crippen LogP contribution in [0.15, 0.2) is 73.1 Å². The molecular formula is C27H23N5O5. The molecule has 4 amide bonds. The summed E-state index contributed by atoms with van der Waals surface area (Å²) in [6.07, 6.45) is 3.90. The van der Waals surface area contributed by atoms with Crippen molar-refractivity contribution in [3.05, 3.63) is 73.1 Å². The van der Waals surface area contributed by atoms with Crippen LogP contribution in [0.5, 0.6) is 5.75 Å². The summed E-state index contributed by atoms with van der Waals surface area (Å²) in [7, 11) is 0. The summed E-state index contributed by atoms with van der Waals surface area (Å²) in [5.74, 6) is -0.0806. The van der Waals surface area contributed by atoms with Crippen molar-refractivity contribution < 1.29 is 24.3 Å². The predicted octanol–water partition coefficient (Wildman–Crippen LogP) is 3.68. The van der Waals surface area contributed by atoms with Crippen LogP contribution in [0.3, 0.4) is 0 Å². The Bertz CT molecular complexity index is 1460. The highest BCUT2D eigenvalue weighted by Crippen LogP contribution is 2.32. The van der Waals surface area contributed by atoms with Gasteiger partial charge in [0.25, 0.3) is 5.91 Å². The van der Waals surface area contributed by atoms with Crippen molar-refractivity contribution in [2.24, 2.45) is 0 Å². The average molecular weight is 498 g/mol. The molecule has 37 heavy (non-hydrogen) atoms. The number of hydrogen-bond donors (Lipinski definition) is 3. The van der Waals surface area contributed by atoms with Crippen LogP contribution in [0.25, 0.3) is 33.3 Å². The first-order valence-corrected chi connectivity index (χ1v) is 11.7. The van der Waals surface area contributed by atoms with Gasteiger partial charge in [-0.1, -0.05) is 36.4 Å². The number of fused-ring (bicyclic) bond motifs is 1. The quantitative estimate of drug-likeness (QED) is 0.146. The Kier molecular flexibility index (Phi) is 6.73. The molecule has 0 atom stereocenters. The lowest BCUT2D eigenvalue weighted by Crippen LogP contribution is -2.31. The van der Waals surface area contributed by atoms with Crippen LogP contribution < -0.4 is 20.4 Å². The van der Waals surface area contributed by atoms with E-state index >= 15 is 0 Å². The van der Waals surface area contributed by atoms with E-state index in [0.29, 0.717) is 41.1 Å². The molecule has 0 saturated carbocycles. The van der Waals surface area contributed by atoms with Crippen LogP contribution in [0, 0.1) is 0 Å². The minimum Gasteiger partial charge on any atom is -0.494 e. The SMILES string of the molecule is O=C(CCCOc1ccc(-c2ccc(-c3cc(N4C(=O)CNC4=O)c4cnccc4n3)cc2)cc1)NO. The Balaban J connectivity index is 1.35. The third-order valence-electron chi connectivity index (χ3n) is 5.98. The smallest absolute Gasteiger partial charge is 0.329 e. The molecule has 10 heteroatoms. The minimum atomic E-state index is -0.467. The van der Waals surface area contributed by atoms with Crippen molar-refractivity contribution in [2.75, 3.05) is 18.1 Å². The monoisotopic (exact) mass is 497 g/mol. The first kappa shape index (κ1) is 23.9. The summed E-state index contributed by atoms with van der Waals surface area (Å²) in [5, 5.41) is 11.7. The molecule has 1 saturated heterocycles. The molecule has 0 unspecified atom stereocenters. The van der Waals surface area contributed by atoms with Crippen LogP contribution in [0.2, 0.25) is 0 Å². The number of hydroxylamine groups is 1. The molecule has 0 bridgehead atoms. The average Bonchev–Trinajstić information content (AvgIpc) is 3.28. The standard InChI is InChI=1S/C27H23N5O5/c33-25(31-36)2-1-13-37-20-9-7-18(8-10-20)17-3-5-19(6-4-17)23-14-24(32-26(34)16-29-27(32)35)21-15-28-12-11-22(21)30-23/h3-12,14-15,36H,1-2,13,16H2,(H,29,35)(H,31,33). The van der Waals surface area contributed by atoms with E-state index in [1.165, 1.54) is 0 Å². The Morgan fingerprint density at radius 2 is 1.73 bits per heavy atom. The number of nitrogens with one attached hydrogen (secondary N) is 2. The second-order valence-corrected chi connectivity index (χ2v) is 8.40. The number of ether oxygens (including phenoxy) is 1. The number of carbonyl (C=O) groups is 3. The summed E-state index contributed by atoms with van der Waals surface area (Å²) in [6.45, 7) is 0.320. The van der Waals surface area contributed by atoms with E-state index in [9.17, 15) is 14.4 Å². The molecule has 3 heterocycles. The van der Waals surface area contributed by atoms with Gasteiger partial charge in [0, 0.05) is 29.8 Å². The molecule has 186 valence electrons. The van der Waals surface area contributed by atoms with Gasteiger partial charge in [0.15, 0.2) is 0 Å². The molecule has 1 aliphatic heterocycles. The zero-order valence-corrected chi connectivity index (χ0v) is 19.7. The number of carbonyl (C=O) groups excluding carboxylic acids is 3. The summed E-state index contributed by atoms with van der Waals surface area (Å²) in [5.41, 5.74) is 6.14. The first-order chi connectivity index (χ1) is 18.0. The van der Waals surface area contributed by atoms with Crippen LogP contribution in [0.1, 0.15) is 12.8 Å². The molecule has 3 N–H and O–H groups in total. The molecular weight excluding hydrogens is 474 g/mol. The summed E-state index contributed by atoms with van der Waals surface area (Å²) in [4.78, 5) is 45.8. The maximum absolute atomic E-state index is 12.4. The summed E-state index contributed by atoms with van der Waals surface area (Å²) < 4.78 is 5.64. The zero-order chi connectivity index (χ0) is 25.8. The van der Waals surface area contributed by atoms with Crippen LogP contribution in [-0.4, -0.2) is 46.2 Å². The van der Waals surface area contributed by atoms with Crippen molar-refractivity contribution >= 4 is 34.4 Å². The van der Waals surface area contributed by atoms with E-state index in [1.807, 2.05) is 48.5 Å². The van der Waals surface area contributed by atoms with E-state index < -0.39 is 11.9 Å². The molecule has 2 aromatic heterocycles. The maximum Gasteiger partial charge on any atom is 0.329 e. The molecule has 2 aromatic carbocycles. The van der Waals surface area contributed by atoms with Gasteiger partial charge in [-0.05, 0) is 41.8 Å². The lowest BCUT2D eigenvalue weighted by Gasteiger charge is -2.16. The summed E-state index contributed by atoms with van der Waals surface area (Å²) >= 11 is 0. The van der Waals surface area contributed by atoms with Crippen molar-refractivity contribution in [3.63, 3.8) is 0 Å². The zero-order valence-electron chi connectivity index (χ0n) is 19.7. The molecule has 4 aromatic rings. The fourth-order valence-corrected chi connectivity index (χ4v) is 4.11. The second kappa shape index (κ2) is 10.4. The van der Waals surface area contributed by atoms with Gasteiger partial charge in [-0.3, -0.25) is 19.8 Å². The van der Waals surface area contributed by atoms with Crippen LogP contribution >= 0.6 is 0 Å². The Morgan fingerprint density at radius 1 is 1.03 bits per heavy atom. The number of benzene rings is 2. The highest BCUT2D eigenvalue weighted by atomic mass is 16.5. The Hall–Kier alpha value is -4.83. The number of nitrogens with zero attached hydrogens (tertiary/aromatic N) is 3. The van der Waals surface area contributed by atoms with Gasteiger partial charge in [-0.2, -0.15) is 0 Å². The highest BCUT2D eigenvalue weighted by molar-refractivity contribution is 6.23. The minimum absolute atomic E-state index is 0.0440. The van der Waals surface area contributed by atoms with Crippen LogP contribution in [0.4, 0.5) is 10.5 Å². The summed E-state index contributed by atoms with van der Waals surface area (Å²) in [6, 6.07) is 18.5. The first-order valence-electron chi connectivity index (χ1n) is 11.7. The Labute approximate surface area is 211 Å². The van der Waals surface area contributed by atoms with Crippen molar-refractivity contribution in [1.82, 2.24) is 20.8 Å². The number of hydrogen-bond acceptors (Lipinski definition) is 7. The number of amides is 4. The van der Waals surface area contributed by atoms with Gasteiger partial charge in [-0.15, -0.1) is 0 Å². The maximum atomic E-state index is 12.4. The normalized spacial score (nSPS) is 13.1. The van der Waals surface area contributed by atoms with Gasteiger partial charge >= 0.3 is 6.03 Å².